The third kappa shape index (κ3) is 3.49. The maximum absolute atomic E-state index is 13.9. The van der Waals surface area contributed by atoms with Gasteiger partial charge >= 0.3 is 0 Å². The molecule has 0 spiro atoms. The molecule has 0 amide bonds. The molecule has 4 heterocycles. The van der Waals surface area contributed by atoms with Gasteiger partial charge in [0.2, 0.25) is 0 Å². The molecule has 4 aromatic rings. The van der Waals surface area contributed by atoms with Crippen molar-refractivity contribution in [2.45, 2.75) is 44.8 Å². The Morgan fingerprint density at radius 1 is 1.17 bits per heavy atom. The number of pyridine rings is 1. The normalized spacial score (nSPS) is 16.6. The summed E-state index contributed by atoms with van der Waals surface area (Å²) in [5.41, 5.74) is 1.67. The number of nitriles is 1. The quantitative estimate of drug-likeness (QED) is 0.404. The standard InChI is InChI=1S/C25H21F3N6O/c1-13-21(18-7-8-30-20-9-14(26)5-6-17(18)20)25(33-11-16(12-33)35-15-3-2-4-15)34-24(31-13)19(10-29)22(32-34)23(27)28/h5-9,15-16,23H,2-4,11-12H2,1H3. The zero-order valence-electron chi connectivity index (χ0n) is 18.9. The van der Waals surface area contributed by atoms with Gasteiger partial charge in [0.05, 0.1) is 23.4 Å². The first-order chi connectivity index (χ1) is 16.9. The lowest BCUT2D eigenvalue weighted by molar-refractivity contribution is -0.0616. The van der Waals surface area contributed by atoms with E-state index in [0.717, 1.165) is 18.4 Å². The van der Waals surface area contributed by atoms with Crippen molar-refractivity contribution in [1.82, 2.24) is 19.6 Å². The van der Waals surface area contributed by atoms with Crippen molar-refractivity contribution in [3.8, 4) is 17.2 Å². The molecule has 1 aromatic carbocycles. The molecule has 10 heteroatoms. The molecule has 1 aliphatic carbocycles. The van der Waals surface area contributed by atoms with Crippen molar-refractivity contribution >= 4 is 22.4 Å². The van der Waals surface area contributed by atoms with Crippen LogP contribution in [0.25, 0.3) is 27.7 Å². The van der Waals surface area contributed by atoms with E-state index in [9.17, 15) is 18.4 Å². The van der Waals surface area contributed by atoms with E-state index in [1.54, 1.807) is 25.3 Å². The SMILES string of the molecule is Cc1nc2c(C#N)c(C(F)F)nn2c(N2CC(OC3CCC3)C2)c1-c1ccnc2cc(F)ccc12. The summed E-state index contributed by atoms with van der Waals surface area (Å²) in [5, 5.41) is 14.5. The Hall–Kier alpha value is -3.71. The van der Waals surface area contributed by atoms with Gasteiger partial charge in [0.15, 0.2) is 5.65 Å². The predicted molar refractivity (Wildman–Crippen MR) is 123 cm³/mol. The summed E-state index contributed by atoms with van der Waals surface area (Å²) in [6.07, 6.45) is 2.26. The number of aromatic nitrogens is 4. The van der Waals surface area contributed by atoms with E-state index in [-0.39, 0.29) is 23.4 Å². The largest absolute Gasteiger partial charge is 0.371 e. The molecular formula is C25H21F3N6O. The van der Waals surface area contributed by atoms with Gasteiger partial charge in [0, 0.05) is 36.3 Å². The van der Waals surface area contributed by atoms with Crippen LogP contribution in [0.2, 0.25) is 0 Å². The minimum atomic E-state index is -2.92. The van der Waals surface area contributed by atoms with Crippen LogP contribution in [0.3, 0.4) is 0 Å². The molecule has 1 saturated heterocycles. The summed E-state index contributed by atoms with van der Waals surface area (Å²) in [7, 11) is 0. The van der Waals surface area contributed by atoms with Gasteiger partial charge in [-0.2, -0.15) is 14.9 Å². The van der Waals surface area contributed by atoms with Gasteiger partial charge < -0.3 is 9.64 Å². The first-order valence-corrected chi connectivity index (χ1v) is 11.5. The van der Waals surface area contributed by atoms with E-state index in [4.69, 9.17) is 4.74 Å². The minimum absolute atomic E-state index is 0.0283. The van der Waals surface area contributed by atoms with Gasteiger partial charge in [-0.3, -0.25) is 4.98 Å². The summed E-state index contributed by atoms with van der Waals surface area (Å²) in [6.45, 7) is 2.89. The number of ether oxygens (including phenoxy) is 1. The maximum Gasteiger partial charge on any atom is 0.283 e. The average molecular weight is 478 g/mol. The first-order valence-electron chi connectivity index (χ1n) is 11.5. The predicted octanol–water partition coefficient (Wildman–Crippen LogP) is 4.96. The molecule has 2 fully saturated rings. The highest BCUT2D eigenvalue weighted by Gasteiger charge is 2.36. The second kappa shape index (κ2) is 8.20. The highest BCUT2D eigenvalue weighted by Crippen LogP contribution is 2.41. The smallest absolute Gasteiger partial charge is 0.283 e. The van der Waals surface area contributed by atoms with Crippen LogP contribution in [0, 0.1) is 24.1 Å². The summed E-state index contributed by atoms with van der Waals surface area (Å²) in [4.78, 5) is 10.8. The molecule has 7 nitrogen and oxygen atoms in total. The van der Waals surface area contributed by atoms with Gasteiger partial charge in [0.1, 0.15) is 29.0 Å². The Morgan fingerprint density at radius 3 is 2.66 bits per heavy atom. The van der Waals surface area contributed by atoms with Crippen molar-refractivity contribution in [2.75, 3.05) is 18.0 Å². The van der Waals surface area contributed by atoms with E-state index in [0.29, 0.717) is 41.1 Å². The molecule has 1 saturated carbocycles. The number of fused-ring (bicyclic) bond motifs is 2. The van der Waals surface area contributed by atoms with Crippen LogP contribution in [0.5, 0.6) is 0 Å². The Kier molecular flexibility index (Phi) is 5.11. The van der Waals surface area contributed by atoms with Crippen LogP contribution in [-0.4, -0.2) is 44.9 Å². The van der Waals surface area contributed by atoms with Crippen LogP contribution in [0.1, 0.15) is 42.6 Å². The highest BCUT2D eigenvalue weighted by atomic mass is 19.3. The number of rotatable bonds is 5. The number of aryl methyl sites for hydroxylation is 1. The van der Waals surface area contributed by atoms with Gasteiger partial charge in [0.25, 0.3) is 6.43 Å². The molecule has 2 aliphatic rings. The van der Waals surface area contributed by atoms with Crippen molar-refractivity contribution in [3.63, 3.8) is 0 Å². The number of nitrogens with zero attached hydrogens (tertiary/aromatic N) is 6. The third-order valence-electron chi connectivity index (χ3n) is 6.83. The fourth-order valence-corrected chi connectivity index (χ4v) is 4.84. The minimum Gasteiger partial charge on any atom is -0.371 e. The van der Waals surface area contributed by atoms with E-state index < -0.39 is 17.9 Å². The van der Waals surface area contributed by atoms with Gasteiger partial charge in [-0.15, -0.1) is 0 Å². The Morgan fingerprint density at radius 2 is 1.97 bits per heavy atom. The second-order valence-electron chi connectivity index (χ2n) is 9.04. The van der Waals surface area contributed by atoms with Crippen molar-refractivity contribution < 1.29 is 17.9 Å². The highest BCUT2D eigenvalue weighted by molar-refractivity contribution is 5.98. The third-order valence-corrected chi connectivity index (χ3v) is 6.83. The molecule has 1 aliphatic heterocycles. The van der Waals surface area contributed by atoms with E-state index in [1.165, 1.54) is 23.1 Å². The van der Waals surface area contributed by atoms with Crippen LogP contribution in [0.15, 0.2) is 30.5 Å². The van der Waals surface area contributed by atoms with Gasteiger partial charge in [-0.05, 0) is 49.9 Å². The molecule has 178 valence electrons. The molecular weight excluding hydrogens is 457 g/mol. The zero-order chi connectivity index (χ0) is 24.3. The number of alkyl halides is 2. The molecule has 0 radical (unpaired) electrons. The molecule has 3 aromatic heterocycles. The number of halogens is 3. The van der Waals surface area contributed by atoms with Crippen molar-refractivity contribution in [3.05, 3.63) is 53.2 Å². The fraction of sp³-hybridized carbons (Fsp3) is 0.360. The first kappa shape index (κ1) is 21.8. The van der Waals surface area contributed by atoms with Crippen LogP contribution >= 0.6 is 0 Å². The molecule has 0 atom stereocenters. The summed E-state index contributed by atoms with van der Waals surface area (Å²) < 4.78 is 48.9. The van der Waals surface area contributed by atoms with Gasteiger partial charge in [-0.1, -0.05) is 0 Å². The van der Waals surface area contributed by atoms with Crippen LogP contribution in [0.4, 0.5) is 19.0 Å². The Bertz CT molecular complexity index is 1500. The Balaban J connectivity index is 1.56. The topological polar surface area (TPSA) is 79.3 Å². The zero-order valence-corrected chi connectivity index (χ0v) is 18.9. The van der Waals surface area contributed by atoms with E-state index >= 15 is 0 Å². The second-order valence-corrected chi connectivity index (χ2v) is 9.04. The van der Waals surface area contributed by atoms with E-state index in [1.807, 2.05) is 11.0 Å². The van der Waals surface area contributed by atoms with Gasteiger partial charge in [-0.25, -0.2) is 18.2 Å². The molecule has 35 heavy (non-hydrogen) atoms. The summed E-state index contributed by atoms with van der Waals surface area (Å²) in [6, 6.07) is 8.00. The van der Waals surface area contributed by atoms with Crippen LogP contribution < -0.4 is 4.90 Å². The number of benzene rings is 1. The molecule has 0 N–H and O–H groups in total. The number of anilines is 1. The summed E-state index contributed by atoms with van der Waals surface area (Å²) >= 11 is 0. The Labute approximate surface area is 198 Å². The number of hydrogen-bond acceptors (Lipinski definition) is 6. The molecule has 0 unspecified atom stereocenters. The van der Waals surface area contributed by atoms with Crippen LogP contribution in [-0.2, 0) is 4.74 Å². The van der Waals surface area contributed by atoms with E-state index in [2.05, 4.69) is 15.1 Å². The summed E-state index contributed by atoms with van der Waals surface area (Å²) in [5.74, 6) is 0.153. The monoisotopic (exact) mass is 478 g/mol. The lowest BCUT2D eigenvalue weighted by Gasteiger charge is -2.44. The van der Waals surface area contributed by atoms with Crippen molar-refractivity contribution in [1.29, 1.82) is 5.26 Å². The lowest BCUT2D eigenvalue weighted by Crippen LogP contribution is -2.55. The number of hydrogen-bond donors (Lipinski definition) is 0. The molecule has 6 rings (SSSR count). The molecule has 0 bridgehead atoms. The lowest BCUT2D eigenvalue weighted by atomic mass is 9.95. The maximum atomic E-state index is 13.9. The average Bonchev–Trinajstić information content (AvgIpc) is 3.14. The fourth-order valence-electron chi connectivity index (χ4n) is 4.84. The van der Waals surface area contributed by atoms with Crippen molar-refractivity contribution in [2.24, 2.45) is 0 Å².